The lowest BCUT2D eigenvalue weighted by atomic mass is 10.1. The molecule has 1 rings (SSSR count). The number of nitro groups is 1. The molecule has 0 amide bonds. The number of nitro benzene ring substituents is 1. The standard InChI is InChI=1S/C11H9NO5/c1-2-11(14)17-10(7-13)8-5-3-4-6-9(8)12(15)16/h2-7,10H,1H2. The van der Waals surface area contributed by atoms with Gasteiger partial charge in [-0.05, 0) is 6.07 Å². The van der Waals surface area contributed by atoms with Crippen molar-refractivity contribution in [2.24, 2.45) is 0 Å². The average molecular weight is 235 g/mol. The van der Waals surface area contributed by atoms with Gasteiger partial charge in [-0.1, -0.05) is 18.7 Å². The molecule has 0 heterocycles. The summed E-state index contributed by atoms with van der Waals surface area (Å²) in [7, 11) is 0. The zero-order valence-electron chi connectivity index (χ0n) is 8.74. The number of ether oxygens (including phenoxy) is 1. The average Bonchev–Trinajstić information content (AvgIpc) is 2.35. The molecule has 0 aliphatic heterocycles. The molecule has 1 aromatic carbocycles. The maximum atomic E-state index is 11.0. The lowest BCUT2D eigenvalue weighted by Gasteiger charge is -2.10. The third-order valence-corrected chi connectivity index (χ3v) is 1.97. The molecule has 0 aliphatic carbocycles. The van der Waals surface area contributed by atoms with E-state index in [9.17, 15) is 19.7 Å². The molecule has 0 aromatic heterocycles. The first-order chi connectivity index (χ1) is 8.10. The van der Waals surface area contributed by atoms with Gasteiger partial charge in [0.15, 0.2) is 12.4 Å². The van der Waals surface area contributed by atoms with Crippen LogP contribution in [0.15, 0.2) is 36.9 Å². The highest BCUT2D eigenvalue weighted by molar-refractivity contribution is 5.83. The molecule has 17 heavy (non-hydrogen) atoms. The minimum atomic E-state index is -1.30. The molecule has 0 aliphatic rings. The summed E-state index contributed by atoms with van der Waals surface area (Å²) in [4.78, 5) is 31.8. The first-order valence-electron chi connectivity index (χ1n) is 4.61. The fourth-order valence-corrected chi connectivity index (χ4v) is 1.23. The molecular formula is C11H9NO5. The topological polar surface area (TPSA) is 86.5 Å². The number of hydrogen-bond donors (Lipinski definition) is 0. The lowest BCUT2D eigenvalue weighted by Crippen LogP contribution is -2.12. The molecular weight excluding hydrogens is 226 g/mol. The van der Waals surface area contributed by atoms with Crippen molar-refractivity contribution in [2.45, 2.75) is 6.10 Å². The summed E-state index contributed by atoms with van der Waals surface area (Å²) in [5.74, 6) is -0.819. The second-order valence-corrected chi connectivity index (χ2v) is 3.01. The first kappa shape index (κ1) is 12.6. The number of rotatable bonds is 5. The predicted molar refractivity (Wildman–Crippen MR) is 58.2 cm³/mol. The Hall–Kier alpha value is -2.50. The molecule has 0 fully saturated rings. The molecule has 0 bridgehead atoms. The van der Waals surface area contributed by atoms with Gasteiger partial charge in [-0.2, -0.15) is 0 Å². The van der Waals surface area contributed by atoms with Crippen LogP contribution in [0.1, 0.15) is 11.7 Å². The van der Waals surface area contributed by atoms with E-state index in [1.807, 2.05) is 0 Å². The van der Waals surface area contributed by atoms with Crippen molar-refractivity contribution >= 4 is 17.9 Å². The van der Waals surface area contributed by atoms with Crippen LogP contribution < -0.4 is 0 Å². The summed E-state index contributed by atoms with van der Waals surface area (Å²) in [6.07, 6.45) is -0.100. The number of carbonyl (C=O) groups excluding carboxylic acids is 2. The van der Waals surface area contributed by atoms with E-state index in [0.717, 1.165) is 6.08 Å². The maximum absolute atomic E-state index is 11.0. The Morgan fingerprint density at radius 2 is 2.12 bits per heavy atom. The van der Waals surface area contributed by atoms with Crippen LogP contribution >= 0.6 is 0 Å². The Kier molecular flexibility index (Phi) is 4.10. The van der Waals surface area contributed by atoms with Crippen molar-refractivity contribution in [2.75, 3.05) is 0 Å². The van der Waals surface area contributed by atoms with E-state index < -0.39 is 17.0 Å². The molecule has 0 spiro atoms. The number of carbonyl (C=O) groups is 2. The molecule has 1 unspecified atom stereocenters. The van der Waals surface area contributed by atoms with E-state index in [2.05, 4.69) is 6.58 Å². The van der Waals surface area contributed by atoms with Crippen LogP contribution in [0.25, 0.3) is 0 Å². The zero-order chi connectivity index (χ0) is 12.8. The Labute approximate surface area is 96.7 Å². The fraction of sp³-hybridized carbons (Fsp3) is 0.0909. The number of para-hydroxylation sites is 1. The van der Waals surface area contributed by atoms with Gasteiger partial charge in [-0.3, -0.25) is 14.9 Å². The van der Waals surface area contributed by atoms with Crippen molar-refractivity contribution in [1.82, 2.24) is 0 Å². The second-order valence-electron chi connectivity index (χ2n) is 3.01. The monoisotopic (exact) mass is 235 g/mol. The van der Waals surface area contributed by atoms with Gasteiger partial charge in [0.05, 0.1) is 10.5 Å². The predicted octanol–water partition coefficient (Wildman–Crippen LogP) is 1.56. The Bertz CT molecular complexity index is 469. The van der Waals surface area contributed by atoms with E-state index in [-0.39, 0.29) is 11.3 Å². The van der Waals surface area contributed by atoms with E-state index in [0.29, 0.717) is 6.29 Å². The molecule has 6 heteroatoms. The molecule has 0 saturated carbocycles. The smallest absolute Gasteiger partial charge is 0.331 e. The van der Waals surface area contributed by atoms with Gasteiger partial charge in [0, 0.05) is 12.1 Å². The van der Waals surface area contributed by atoms with Crippen molar-refractivity contribution in [3.63, 3.8) is 0 Å². The maximum Gasteiger partial charge on any atom is 0.331 e. The highest BCUT2D eigenvalue weighted by Gasteiger charge is 2.23. The second kappa shape index (κ2) is 5.55. The van der Waals surface area contributed by atoms with Crippen LogP contribution in [0.5, 0.6) is 0 Å². The van der Waals surface area contributed by atoms with Crippen molar-refractivity contribution in [1.29, 1.82) is 0 Å². The zero-order valence-corrected chi connectivity index (χ0v) is 8.74. The molecule has 0 radical (unpaired) electrons. The SMILES string of the molecule is C=CC(=O)OC(C=O)c1ccccc1[N+](=O)[O-]. The summed E-state index contributed by atoms with van der Waals surface area (Å²) in [5.41, 5.74) is -0.246. The van der Waals surface area contributed by atoms with Gasteiger partial charge in [-0.25, -0.2) is 4.79 Å². The largest absolute Gasteiger partial charge is 0.446 e. The van der Waals surface area contributed by atoms with Gasteiger partial charge in [0.1, 0.15) is 0 Å². The summed E-state index contributed by atoms with van der Waals surface area (Å²) in [6, 6.07) is 5.56. The van der Waals surface area contributed by atoms with Crippen LogP contribution in [-0.2, 0) is 14.3 Å². The third-order valence-electron chi connectivity index (χ3n) is 1.97. The molecule has 0 saturated heterocycles. The molecule has 1 atom stereocenters. The summed E-state index contributed by atoms with van der Waals surface area (Å²) >= 11 is 0. The molecule has 1 aromatic rings. The van der Waals surface area contributed by atoms with E-state index in [1.54, 1.807) is 0 Å². The van der Waals surface area contributed by atoms with Gasteiger partial charge < -0.3 is 4.74 Å². The Balaban J connectivity index is 3.11. The fourth-order valence-electron chi connectivity index (χ4n) is 1.23. The Morgan fingerprint density at radius 1 is 1.47 bits per heavy atom. The van der Waals surface area contributed by atoms with Crippen LogP contribution in [0.4, 0.5) is 5.69 Å². The van der Waals surface area contributed by atoms with Gasteiger partial charge >= 0.3 is 5.97 Å². The van der Waals surface area contributed by atoms with Crippen molar-refractivity contribution in [3.8, 4) is 0 Å². The number of esters is 1. The van der Waals surface area contributed by atoms with E-state index in [4.69, 9.17) is 4.74 Å². The highest BCUT2D eigenvalue weighted by atomic mass is 16.6. The number of nitrogens with zero attached hydrogens (tertiary/aromatic N) is 1. The minimum absolute atomic E-state index is 0.0303. The van der Waals surface area contributed by atoms with Gasteiger partial charge in [0.2, 0.25) is 0 Å². The number of hydrogen-bond acceptors (Lipinski definition) is 5. The van der Waals surface area contributed by atoms with Crippen molar-refractivity contribution in [3.05, 3.63) is 52.6 Å². The van der Waals surface area contributed by atoms with Crippen LogP contribution in [0, 0.1) is 10.1 Å². The van der Waals surface area contributed by atoms with Crippen molar-refractivity contribution < 1.29 is 19.2 Å². The minimum Gasteiger partial charge on any atom is -0.446 e. The van der Waals surface area contributed by atoms with E-state index >= 15 is 0 Å². The number of benzene rings is 1. The molecule has 0 N–H and O–H groups in total. The summed E-state index contributed by atoms with van der Waals surface area (Å²) in [6.45, 7) is 3.17. The summed E-state index contributed by atoms with van der Waals surface area (Å²) < 4.78 is 4.70. The van der Waals surface area contributed by atoms with Gasteiger partial charge in [-0.15, -0.1) is 0 Å². The van der Waals surface area contributed by atoms with Crippen LogP contribution in [-0.4, -0.2) is 17.2 Å². The normalized spacial score (nSPS) is 11.3. The van der Waals surface area contributed by atoms with Crippen LogP contribution in [0.2, 0.25) is 0 Å². The Morgan fingerprint density at radius 3 is 2.65 bits per heavy atom. The molecule has 88 valence electrons. The van der Waals surface area contributed by atoms with E-state index in [1.165, 1.54) is 24.3 Å². The molecule has 6 nitrogen and oxygen atoms in total. The lowest BCUT2D eigenvalue weighted by molar-refractivity contribution is -0.386. The third kappa shape index (κ3) is 2.97. The van der Waals surface area contributed by atoms with Gasteiger partial charge in [0.25, 0.3) is 5.69 Å². The first-order valence-corrected chi connectivity index (χ1v) is 4.61. The highest BCUT2D eigenvalue weighted by Crippen LogP contribution is 2.26. The van der Waals surface area contributed by atoms with Crippen LogP contribution in [0.3, 0.4) is 0 Å². The number of aldehydes is 1. The summed E-state index contributed by atoms with van der Waals surface area (Å²) in [5, 5.41) is 10.7. The quantitative estimate of drug-likeness (QED) is 0.254.